The highest BCUT2D eigenvalue weighted by Gasteiger charge is 2.38. The Bertz CT molecular complexity index is 498. The highest BCUT2D eigenvalue weighted by molar-refractivity contribution is 6.67. The van der Waals surface area contributed by atoms with Crippen LogP contribution in [0, 0.1) is 11.6 Å². The minimum atomic E-state index is -1.67. The summed E-state index contributed by atoms with van der Waals surface area (Å²) in [6.45, 7) is -0.206. The van der Waals surface area contributed by atoms with Crippen LogP contribution in [0.15, 0.2) is 29.5 Å². The maximum absolute atomic E-state index is 13.8. The van der Waals surface area contributed by atoms with Crippen LogP contribution in [0.25, 0.3) is 0 Å². The van der Waals surface area contributed by atoms with E-state index in [1.54, 1.807) is 0 Å². The number of hydrogen-bond donors (Lipinski definition) is 0. The molecule has 1 heterocycles. The van der Waals surface area contributed by atoms with Crippen LogP contribution in [-0.4, -0.2) is 15.4 Å². The van der Waals surface area contributed by atoms with E-state index >= 15 is 0 Å². The van der Waals surface area contributed by atoms with Crippen LogP contribution >= 0.6 is 46.4 Å². The number of halogens is 6. The van der Waals surface area contributed by atoms with Crippen molar-refractivity contribution in [2.24, 2.45) is 0 Å². The van der Waals surface area contributed by atoms with Crippen molar-refractivity contribution < 1.29 is 13.6 Å². The van der Waals surface area contributed by atoms with E-state index in [1.165, 1.54) is 6.07 Å². The quantitative estimate of drug-likeness (QED) is 0.718. The van der Waals surface area contributed by atoms with E-state index in [9.17, 15) is 8.78 Å². The molecule has 1 unspecified atom stereocenters. The number of nitrogens with zero attached hydrogens (tertiary/aromatic N) is 1. The molecular weight excluding hydrogens is 342 g/mol. The van der Waals surface area contributed by atoms with Gasteiger partial charge in [0.25, 0.3) is 0 Å². The normalized spacial score (nSPS) is 20.3. The minimum Gasteiger partial charge on any atom is -0.411 e. The third kappa shape index (κ3) is 3.44. The van der Waals surface area contributed by atoms with Crippen LogP contribution in [0.5, 0.6) is 0 Å². The molecule has 2 rings (SSSR count). The Morgan fingerprint density at radius 2 is 1.79 bits per heavy atom. The van der Waals surface area contributed by atoms with Gasteiger partial charge in [-0.2, -0.15) is 0 Å². The maximum atomic E-state index is 13.8. The Balaban J connectivity index is 2.37. The summed E-state index contributed by atoms with van der Waals surface area (Å²) >= 11 is 22.9. The Morgan fingerprint density at radius 3 is 2.32 bits per heavy atom. The van der Waals surface area contributed by atoms with Gasteiger partial charge in [0.05, 0.1) is 11.6 Å². The summed E-state index contributed by atoms with van der Waals surface area (Å²) in [5.41, 5.74) is -0.254. The zero-order valence-electron chi connectivity index (χ0n) is 9.22. The zero-order chi connectivity index (χ0) is 14.2. The molecule has 1 aliphatic rings. The van der Waals surface area contributed by atoms with Gasteiger partial charge in [-0.1, -0.05) is 52.5 Å². The van der Waals surface area contributed by atoms with Crippen molar-refractivity contribution in [2.45, 2.75) is 9.83 Å². The lowest BCUT2D eigenvalue weighted by Gasteiger charge is -2.26. The molecule has 1 atom stereocenters. The van der Waals surface area contributed by atoms with Gasteiger partial charge in [-0.25, -0.2) is 8.78 Å². The molecule has 0 fully saturated rings. The van der Waals surface area contributed by atoms with Gasteiger partial charge < -0.3 is 4.84 Å². The van der Waals surface area contributed by atoms with E-state index < -0.39 is 21.5 Å². The van der Waals surface area contributed by atoms with E-state index in [1.807, 2.05) is 0 Å². The van der Waals surface area contributed by atoms with Gasteiger partial charge in [0.15, 0.2) is 0 Å². The highest BCUT2D eigenvalue weighted by atomic mass is 35.6. The lowest BCUT2D eigenvalue weighted by molar-refractivity contribution is -0.105. The first-order valence-electron chi connectivity index (χ1n) is 5.09. The SMILES string of the molecule is Fc1cccc(F)c1C1C(Cl)=CON1CC(Cl)(Cl)Cl. The van der Waals surface area contributed by atoms with Crippen molar-refractivity contribution in [2.75, 3.05) is 6.54 Å². The molecule has 1 aromatic rings. The molecular formula is C11H7Cl4F2NO. The summed E-state index contributed by atoms with van der Waals surface area (Å²) in [6, 6.07) is 2.50. The summed E-state index contributed by atoms with van der Waals surface area (Å²) in [6.07, 6.45) is 1.15. The Morgan fingerprint density at radius 1 is 1.21 bits per heavy atom. The lowest BCUT2D eigenvalue weighted by Crippen LogP contribution is -2.32. The fraction of sp³-hybridized carbons (Fsp3) is 0.273. The second-order valence-corrected chi connectivity index (χ2v) is 6.79. The van der Waals surface area contributed by atoms with Gasteiger partial charge in [-0.3, -0.25) is 0 Å². The first-order valence-corrected chi connectivity index (χ1v) is 6.60. The summed E-state index contributed by atoms with van der Waals surface area (Å²) < 4.78 is 25.9. The molecule has 19 heavy (non-hydrogen) atoms. The third-order valence-electron chi connectivity index (χ3n) is 2.46. The van der Waals surface area contributed by atoms with Gasteiger partial charge in [-0.15, -0.1) is 5.06 Å². The van der Waals surface area contributed by atoms with Crippen molar-refractivity contribution in [3.8, 4) is 0 Å². The van der Waals surface area contributed by atoms with Crippen LogP contribution in [0.4, 0.5) is 8.78 Å². The number of hydrogen-bond acceptors (Lipinski definition) is 2. The largest absolute Gasteiger partial charge is 0.411 e. The van der Waals surface area contributed by atoms with E-state index in [-0.39, 0.29) is 17.1 Å². The molecule has 0 spiro atoms. The Labute approximate surface area is 128 Å². The van der Waals surface area contributed by atoms with E-state index in [2.05, 4.69) is 0 Å². The predicted octanol–water partition coefficient (Wildman–Crippen LogP) is 4.70. The molecule has 0 aromatic heterocycles. The first kappa shape index (κ1) is 15.1. The van der Waals surface area contributed by atoms with Gasteiger partial charge in [0.1, 0.15) is 23.9 Å². The summed E-state index contributed by atoms with van der Waals surface area (Å²) in [7, 11) is 0. The smallest absolute Gasteiger partial charge is 0.206 e. The van der Waals surface area contributed by atoms with Crippen LogP contribution < -0.4 is 0 Å². The van der Waals surface area contributed by atoms with Gasteiger partial charge in [-0.05, 0) is 12.1 Å². The van der Waals surface area contributed by atoms with Crippen LogP contribution in [0.1, 0.15) is 11.6 Å². The van der Waals surface area contributed by atoms with Gasteiger partial charge in [0.2, 0.25) is 3.79 Å². The number of rotatable bonds is 2. The topological polar surface area (TPSA) is 12.5 Å². The Hall–Kier alpha value is -0.260. The lowest BCUT2D eigenvalue weighted by atomic mass is 10.1. The molecule has 0 aliphatic carbocycles. The molecule has 0 bridgehead atoms. The van der Waals surface area contributed by atoms with Crippen molar-refractivity contribution in [3.05, 3.63) is 46.7 Å². The Kier molecular flexibility index (Phi) is 4.48. The number of alkyl halides is 3. The average Bonchev–Trinajstić information content (AvgIpc) is 2.59. The van der Waals surface area contributed by atoms with Crippen molar-refractivity contribution in [1.29, 1.82) is 0 Å². The molecule has 0 radical (unpaired) electrons. The fourth-order valence-electron chi connectivity index (χ4n) is 1.74. The van der Waals surface area contributed by atoms with Crippen LogP contribution in [-0.2, 0) is 4.84 Å². The highest BCUT2D eigenvalue weighted by Crippen LogP contribution is 2.41. The van der Waals surface area contributed by atoms with E-state index in [0.29, 0.717) is 0 Å². The van der Waals surface area contributed by atoms with Crippen molar-refractivity contribution >= 4 is 46.4 Å². The number of benzene rings is 1. The van der Waals surface area contributed by atoms with Crippen LogP contribution in [0.2, 0.25) is 0 Å². The van der Waals surface area contributed by atoms with Crippen LogP contribution in [0.3, 0.4) is 0 Å². The van der Waals surface area contributed by atoms with E-state index in [4.69, 9.17) is 51.2 Å². The molecule has 8 heteroatoms. The fourth-order valence-corrected chi connectivity index (χ4v) is 2.35. The monoisotopic (exact) mass is 347 g/mol. The first-order chi connectivity index (χ1) is 8.79. The predicted molar refractivity (Wildman–Crippen MR) is 71.1 cm³/mol. The van der Waals surface area contributed by atoms with Gasteiger partial charge >= 0.3 is 0 Å². The minimum absolute atomic E-state index is 0.0956. The third-order valence-corrected chi connectivity index (χ3v) is 3.11. The average molecular weight is 349 g/mol. The van der Waals surface area contributed by atoms with E-state index in [0.717, 1.165) is 23.5 Å². The van der Waals surface area contributed by atoms with Gasteiger partial charge in [0, 0.05) is 5.56 Å². The molecule has 0 saturated carbocycles. The maximum Gasteiger partial charge on any atom is 0.206 e. The molecule has 104 valence electrons. The number of hydroxylamine groups is 2. The molecule has 0 amide bonds. The molecule has 0 N–H and O–H groups in total. The second kappa shape index (κ2) is 5.62. The zero-order valence-corrected chi connectivity index (χ0v) is 12.2. The summed E-state index contributed by atoms with van der Waals surface area (Å²) in [4.78, 5) is 5.07. The van der Waals surface area contributed by atoms with Crippen molar-refractivity contribution in [1.82, 2.24) is 5.06 Å². The standard InChI is InChI=1S/C11H7Cl4F2NO/c12-6-4-19-18(5-11(13,14)15)10(6)9-7(16)2-1-3-8(9)17/h1-4,10H,5H2. The molecule has 1 aliphatic heterocycles. The van der Waals surface area contributed by atoms with Crippen molar-refractivity contribution in [3.63, 3.8) is 0 Å². The molecule has 0 saturated heterocycles. The molecule has 1 aromatic carbocycles. The second-order valence-electron chi connectivity index (χ2n) is 3.84. The summed E-state index contributed by atoms with van der Waals surface area (Å²) in [5, 5.41) is 1.20. The summed E-state index contributed by atoms with van der Waals surface area (Å²) in [5.74, 6) is -1.51. The molecule has 2 nitrogen and oxygen atoms in total.